The molecule has 0 aliphatic carbocycles. The SMILES string of the molecule is CN1CCC(c2c(O)cc(O)c3c(=O)cc(-c4ccc(F)cc4Cl)oc23)C1CO. The first-order valence-electron chi connectivity index (χ1n) is 9.11. The first-order valence-corrected chi connectivity index (χ1v) is 9.48. The Labute approximate surface area is 170 Å². The van der Waals surface area contributed by atoms with Gasteiger partial charge in [-0.2, -0.15) is 0 Å². The van der Waals surface area contributed by atoms with Gasteiger partial charge in [-0.25, -0.2) is 4.39 Å². The summed E-state index contributed by atoms with van der Waals surface area (Å²) in [5, 5.41) is 30.7. The quantitative estimate of drug-likeness (QED) is 0.602. The predicted octanol–water partition coefficient (Wildman–Crippen LogP) is 3.44. The van der Waals surface area contributed by atoms with Gasteiger partial charge in [0.25, 0.3) is 0 Å². The van der Waals surface area contributed by atoms with E-state index in [0.29, 0.717) is 24.1 Å². The largest absolute Gasteiger partial charge is 0.507 e. The zero-order valence-corrected chi connectivity index (χ0v) is 16.3. The molecule has 2 heterocycles. The van der Waals surface area contributed by atoms with Crippen LogP contribution < -0.4 is 5.43 Å². The average Bonchev–Trinajstić information content (AvgIpc) is 3.01. The van der Waals surface area contributed by atoms with Crippen LogP contribution in [0, 0.1) is 5.82 Å². The average molecular weight is 420 g/mol. The standard InChI is InChI=1S/C21H19ClFNO5/c1-24-5-4-12(14(24)9-25)19-15(26)7-16(27)20-17(28)8-18(29-21(19)20)11-3-2-10(23)6-13(11)22/h2-3,6-8,12,14,25-27H,4-5,9H2,1H3. The highest BCUT2D eigenvalue weighted by Crippen LogP contribution is 2.44. The minimum atomic E-state index is -0.530. The molecule has 4 rings (SSSR count). The number of nitrogens with zero attached hydrogens (tertiary/aromatic N) is 1. The number of likely N-dealkylation sites (tertiary alicyclic amines) is 1. The molecule has 2 atom stereocenters. The second-order valence-corrected chi connectivity index (χ2v) is 7.66. The second-order valence-electron chi connectivity index (χ2n) is 7.26. The van der Waals surface area contributed by atoms with Gasteiger partial charge in [0.15, 0.2) is 5.43 Å². The molecule has 152 valence electrons. The lowest BCUT2D eigenvalue weighted by Crippen LogP contribution is -2.32. The Balaban J connectivity index is 2.01. The maximum atomic E-state index is 13.4. The maximum Gasteiger partial charge on any atom is 0.197 e. The van der Waals surface area contributed by atoms with Gasteiger partial charge in [-0.1, -0.05) is 11.6 Å². The third kappa shape index (κ3) is 3.25. The van der Waals surface area contributed by atoms with E-state index in [9.17, 15) is 24.5 Å². The first-order chi connectivity index (χ1) is 13.8. The summed E-state index contributed by atoms with van der Waals surface area (Å²) in [6.45, 7) is 0.544. The van der Waals surface area contributed by atoms with Crippen LogP contribution >= 0.6 is 11.6 Å². The van der Waals surface area contributed by atoms with Crippen molar-refractivity contribution < 1.29 is 24.1 Å². The number of phenols is 2. The van der Waals surface area contributed by atoms with Gasteiger partial charge in [0.1, 0.15) is 34.0 Å². The number of likely N-dealkylation sites (N-methyl/N-ethyl adjacent to an activating group) is 1. The van der Waals surface area contributed by atoms with Gasteiger partial charge in [0, 0.05) is 35.2 Å². The maximum absolute atomic E-state index is 13.4. The minimum Gasteiger partial charge on any atom is -0.507 e. The van der Waals surface area contributed by atoms with Crippen LogP contribution in [-0.4, -0.2) is 46.5 Å². The lowest BCUT2D eigenvalue weighted by molar-refractivity contribution is 0.172. The van der Waals surface area contributed by atoms with Crippen LogP contribution in [0.3, 0.4) is 0 Å². The van der Waals surface area contributed by atoms with Crippen molar-refractivity contribution in [2.45, 2.75) is 18.4 Å². The summed E-state index contributed by atoms with van der Waals surface area (Å²) >= 11 is 6.12. The second kappa shape index (κ2) is 7.33. The fourth-order valence-corrected chi connectivity index (χ4v) is 4.37. The van der Waals surface area contributed by atoms with Gasteiger partial charge in [0.2, 0.25) is 0 Å². The summed E-state index contributed by atoms with van der Waals surface area (Å²) in [6.07, 6.45) is 0.625. The summed E-state index contributed by atoms with van der Waals surface area (Å²) in [4.78, 5) is 14.7. The molecule has 1 aliphatic rings. The van der Waals surface area contributed by atoms with Crippen LogP contribution in [0.5, 0.6) is 11.5 Å². The first kappa shape index (κ1) is 19.7. The number of fused-ring (bicyclic) bond motifs is 1. The number of rotatable bonds is 3. The molecule has 6 nitrogen and oxygen atoms in total. The Morgan fingerprint density at radius 2 is 2.00 bits per heavy atom. The molecule has 29 heavy (non-hydrogen) atoms. The molecule has 2 unspecified atom stereocenters. The van der Waals surface area contributed by atoms with Crippen molar-refractivity contribution in [1.29, 1.82) is 0 Å². The molecule has 0 spiro atoms. The number of aliphatic hydroxyl groups is 1. The van der Waals surface area contributed by atoms with Crippen molar-refractivity contribution in [2.75, 3.05) is 20.2 Å². The highest BCUT2D eigenvalue weighted by atomic mass is 35.5. The number of aliphatic hydroxyl groups excluding tert-OH is 1. The molecule has 8 heteroatoms. The molecular weight excluding hydrogens is 401 g/mol. The number of hydrogen-bond donors (Lipinski definition) is 3. The van der Waals surface area contributed by atoms with E-state index in [1.165, 1.54) is 18.2 Å². The highest BCUT2D eigenvalue weighted by Gasteiger charge is 2.36. The van der Waals surface area contributed by atoms with E-state index in [4.69, 9.17) is 16.0 Å². The summed E-state index contributed by atoms with van der Waals surface area (Å²) in [7, 11) is 1.86. The van der Waals surface area contributed by atoms with E-state index >= 15 is 0 Å². The van der Waals surface area contributed by atoms with Crippen molar-refractivity contribution in [1.82, 2.24) is 4.90 Å². The third-order valence-corrected chi connectivity index (χ3v) is 5.89. The summed E-state index contributed by atoms with van der Waals surface area (Å²) in [6, 6.07) is 5.70. The molecule has 0 radical (unpaired) electrons. The topological polar surface area (TPSA) is 94.1 Å². The molecule has 1 aromatic heterocycles. The number of hydrogen-bond acceptors (Lipinski definition) is 6. The van der Waals surface area contributed by atoms with Gasteiger partial charge in [0.05, 0.1) is 11.6 Å². The molecule has 1 aliphatic heterocycles. The zero-order chi connectivity index (χ0) is 20.9. The number of phenolic OH excluding ortho intramolecular Hbond substituents is 2. The molecule has 0 amide bonds. The molecule has 1 saturated heterocycles. The van der Waals surface area contributed by atoms with E-state index in [2.05, 4.69) is 0 Å². The van der Waals surface area contributed by atoms with Gasteiger partial charge in [-0.3, -0.25) is 4.79 Å². The molecule has 1 fully saturated rings. The Bertz CT molecular complexity index is 1160. The van der Waals surface area contributed by atoms with Crippen molar-refractivity contribution in [2.24, 2.45) is 0 Å². The normalized spacial score (nSPS) is 19.9. The van der Waals surface area contributed by atoms with Gasteiger partial charge in [-0.05, 0) is 38.2 Å². The van der Waals surface area contributed by atoms with Gasteiger partial charge in [-0.15, -0.1) is 0 Å². The Morgan fingerprint density at radius 1 is 1.24 bits per heavy atom. The summed E-state index contributed by atoms with van der Waals surface area (Å²) < 4.78 is 19.4. The van der Waals surface area contributed by atoms with Crippen LogP contribution in [0.25, 0.3) is 22.3 Å². The van der Waals surface area contributed by atoms with E-state index in [0.717, 1.165) is 12.1 Å². The van der Waals surface area contributed by atoms with Crippen LogP contribution in [0.15, 0.2) is 39.5 Å². The fourth-order valence-electron chi connectivity index (χ4n) is 4.11. The number of benzene rings is 2. The lowest BCUT2D eigenvalue weighted by atomic mass is 9.89. The summed E-state index contributed by atoms with van der Waals surface area (Å²) in [5.41, 5.74) is 0.165. The predicted molar refractivity (Wildman–Crippen MR) is 107 cm³/mol. The molecule has 0 bridgehead atoms. The minimum absolute atomic E-state index is 0.0316. The van der Waals surface area contributed by atoms with E-state index in [1.54, 1.807) is 0 Å². The smallest absolute Gasteiger partial charge is 0.197 e. The monoisotopic (exact) mass is 419 g/mol. The van der Waals surface area contributed by atoms with Gasteiger partial charge < -0.3 is 24.6 Å². The Hall–Kier alpha value is -2.61. The van der Waals surface area contributed by atoms with Crippen molar-refractivity contribution >= 4 is 22.6 Å². The molecular formula is C21H19ClFNO5. The summed E-state index contributed by atoms with van der Waals surface area (Å²) in [5.74, 6) is -1.38. The molecule has 0 saturated carbocycles. The van der Waals surface area contributed by atoms with Crippen LogP contribution in [0.4, 0.5) is 4.39 Å². The van der Waals surface area contributed by atoms with E-state index < -0.39 is 17.0 Å². The Morgan fingerprint density at radius 3 is 2.69 bits per heavy atom. The molecule has 3 aromatic rings. The van der Waals surface area contributed by atoms with E-state index in [-0.39, 0.29) is 46.1 Å². The molecule has 2 aromatic carbocycles. The van der Waals surface area contributed by atoms with Crippen molar-refractivity contribution in [3.8, 4) is 22.8 Å². The zero-order valence-electron chi connectivity index (χ0n) is 15.5. The third-order valence-electron chi connectivity index (χ3n) is 5.58. The number of halogens is 2. The number of aromatic hydroxyl groups is 2. The van der Waals surface area contributed by atoms with Gasteiger partial charge >= 0.3 is 0 Å². The lowest BCUT2D eigenvalue weighted by Gasteiger charge is -2.24. The van der Waals surface area contributed by atoms with Crippen LogP contribution in [0.1, 0.15) is 17.9 Å². The van der Waals surface area contributed by atoms with Crippen molar-refractivity contribution in [3.63, 3.8) is 0 Å². The molecule has 3 N–H and O–H groups in total. The fraction of sp³-hybridized carbons (Fsp3) is 0.286. The van der Waals surface area contributed by atoms with Crippen LogP contribution in [-0.2, 0) is 0 Å². The Kier molecular flexibility index (Phi) is 4.98. The van der Waals surface area contributed by atoms with Crippen molar-refractivity contribution in [3.05, 3.63) is 57.0 Å². The van der Waals surface area contributed by atoms with E-state index in [1.807, 2.05) is 11.9 Å². The highest BCUT2D eigenvalue weighted by molar-refractivity contribution is 6.33. The van der Waals surface area contributed by atoms with Crippen LogP contribution in [0.2, 0.25) is 5.02 Å².